The lowest BCUT2D eigenvalue weighted by Crippen LogP contribution is -2.55. The second kappa shape index (κ2) is 2.99. The minimum absolute atomic E-state index is 0.596. The molecular formula is C12H16N2. The molecule has 0 aromatic heterocycles. The molecule has 0 saturated carbocycles. The van der Waals surface area contributed by atoms with Crippen molar-refractivity contribution >= 4 is 5.69 Å². The molecule has 2 atom stereocenters. The molecule has 1 fully saturated rings. The third kappa shape index (κ3) is 1.07. The van der Waals surface area contributed by atoms with Crippen LogP contribution in [0, 0.1) is 0 Å². The van der Waals surface area contributed by atoms with Crippen molar-refractivity contribution < 1.29 is 0 Å². The number of benzene rings is 1. The second-order valence-electron chi connectivity index (χ2n) is 4.28. The summed E-state index contributed by atoms with van der Waals surface area (Å²) in [5.74, 6) is 0. The number of rotatable bonds is 0. The molecule has 0 spiro atoms. The highest BCUT2D eigenvalue weighted by molar-refractivity contribution is 5.56. The number of para-hydroxylation sites is 1. The van der Waals surface area contributed by atoms with E-state index in [0.717, 1.165) is 6.54 Å². The largest absolute Gasteiger partial charge is 0.356 e. The Morgan fingerprint density at radius 2 is 2.07 bits per heavy atom. The van der Waals surface area contributed by atoms with Crippen molar-refractivity contribution in [2.24, 2.45) is 0 Å². The molecular weight excluding hydrogens is 172 g/mol. The van der Waals surface area contributed by atoms with E-state index in [1.165, 1.54) is 30.8 Å². The summed E-state index contributed by atoms with van der Waals surface area (Å²) in [6.45, 7) is 5.92. The number of hydrogen-bond acceptors (Lipinski definition) is 2. The van der Waals surface area contributed by atoms with Gasteiger partial charge in [-0.05, 0) is 25.0 Å². The first-order valence-corrected chi connectivity index (χ1v) is 5.45. The van der Waals surface area contributed by atoms with Gasteiger partial charge in [0.25, 0.3) is 0 Å². The smallest absolute Gasteiger partial charge is 0.0795 e. The molecule has 0 aliphatic carbocycles. The van der Waals surface area contributed by atoms with Crippen LogP contribution in [0.1, 0.15) is 18.9 Å². The fraction of sp³-hybridized carbons (Fsp3) is 0.500. The number of anilines is 1. The Morgan fingerprint density at radius 3 is 3.00 bits per heavy atom. The molecule has 0 N–H and O–H groups in total. The summed E-state index contributed by atoms with van der Waals surface area (Å²) < 4.78 is 0. The van der Waals surface area contributed by atoms with E-state index < -0.39 is 0 Å². The molecule has 0 amide bonds. The summed E-state index contributed by atoms with van der Waals surface area (Å²) in [5.41, 5.74) is 2.95. The summed E-state index contributed by atoms with van der Waals surface area (Å²) in [6, 6.07) is 8.81. The van der Waals surface area contributed by atoms with E-state index in [1.807, 2.05) is 0 Å². The first-order chi connectivity index (χ1) is 6.86. The zero-order valence-corrected chi connectivity index (χ0v) is 8.61. The van der Waals surface area contributed by atoms with Crippen LogP contribution >= 0.6 is 0 Å². The predicted octanol–water partition coefficient (Wildman–Crippen LogP) is 2.06. The van der Waals surface area contributed by atoms with Crippen molar-refractivity contribution in [2.45, 2.75) is 26.1 Å². The zero-order valence-electron chi connectivity index (χ0n) is 8.61. The Kier molecular flexibility index (Phi) is 1.77. The maximum atomic E-state index is 2.56. The average molecular weight is 188 g/mol. The first-order valence-electron chi connectivity index (χ1n) is 5.45. The third-order valence-corrected chi connectivity index (χ3v) is 3.50. The van der Waals surface area contributed by atoms with Crippen molar-refractivity contribution in [1.82, 2.24) is 4.90 Å². The number of fused-ring (bicyclic) bond motifs is 4. The van der Waals surface area contributed by atoms with Crippen LogP contribution in [0.15, 0.2) is 24.3 Å². The van der Waals surface area contributed by atoms with Gasteiger partial charge in [0, 0.05) is 25.3 Å². The van der Waals surface area contributed by atoms with Gasteiger partial charge in [0.15, 0.2) is 0 Å². The van der Waals surface area contributed by atoms with E-state index in [2.05, 4.69) is 41.0 Å². The van der Waals surface area contributed by atoms with Gasteiger partial charge in [-0.25, -0.2) is 0 Å². The van der Waals surface area contributed by atoms with E-state index in [-0.39, 0.29) is 0 Å². The minimum atomic E-state index is 0.596. The topological polar surface area (TPSA) is 6.48 Å². The van der Waals surface area contributed by atoms with E-state index in [1.54, 1.807) is 0 Å². The Bertz CT molecular complexity index is 348. The van der Waals surface area contributed by atoms with Crippen LogP contribution in [0.3, 0.4) is 0 Å². The molecule has 1 aromatic rings. The molecule has 1 aromatic carbocycles. The fourth-order valence-corrected chi connectivity index (χ4v) is 2.69. The monoisotopic (exact) mass is 188 g/mol. The van der Waals surface area contributed by atoms with Gasteiger partial charge in [-0.3, -0.25) is 4.90 Å². The lowest BCUT2D eigenvalue weighted by Gasteiger charge is -2.48. The maximum Gasteiger partial charge on any atom is 0.0795 e. The lowest BCUT2D eigenvalue weighted by molar-refractivity contribution is 0.152. The van der Waals surface area contributed by atoms with Gasteiger partial charge in [-0.2, -0.15) is 0 Å². The van der Waals surface area contributed by atoms with Crippen LogP contribution in [0.25, 0.3) is 0 Å². The standard InChI is InChI=1S/C12H16N2/c1-10-13-7-4-8-14(10)12-6-3-2-5-11(12)9-13/h2-3,5-6,10H,4,7-9H2,1H3. The Labute approximate surface area is 85.1 Å². The maximum absolute atomic E-state index is 2.56. The van der Waals surface area contributed by atoms with Gasteiger partial charge in [-0.15, -0.1) is 0 Å². The summed E-state index contributed by atoms with van der Waals surface area (Å²) in [6.07, 6.45) is 1.90. The number of hydrogen-bond donors (Lipinski definition) is 0. The third-order valence-electron chi connectivity index (χ3n) is 3.50. The fourth-order valence-electron chi connectivity index (χ4n) is 2.69. The molecule has 3 rings (SSSR count). The second-order valence-corrected chi connectivity index (χ2v) is 4.28. The number of nitrogens with zero attached hydrogens (tertiary/aromatic N) is 2. The highest BCUT2D eigenvalue weighted by Crippen LogP contribution is 2.33. The summed E-state index contributed by atoms with van der Waals surface area (Å²) in [5, 5.41) is 0. The van der Waals surface area contributed by atoms with Gasteiger partial charge in [0.2, 0.25) is 0 Å². The highest BCUT2D eigenvalue weighted by atomic mass is 15.4. The Morgan fingerprint density at radius 1 is 1.21 bits per heavy atom. The molecule has 2 bridgehead atoms. The quantitative estimate of drug-likeness (QED) is 0.615. The molecule has 0 radical (unpaired) electrons. The first kappa shape index (κ1) is 8.30. The zero-order chi connectivity index (χ0) is 9.54. The molecule has 74 valence electrons. The van der Waals surface area contributed by atoms with Crippen LogP contribution in [0.2, 0.25) is 0 Å². The molecule has 2 heterocycles. The van der Waals surface area contributed by atoms with Gasteiger partial charge >= 0.3 is 0 Å². The minimum Gasteiger partial charge on any atom is -0.356 e. The van der Waals surface area contributed by atoms with Crippen LogP contribution in [-0.4, -0.2) is 24.2 Å². The summed E-state index contributed by atoms with van der Waals surface area (Å²) >= 11 is 0. The molecule has 14 heavy (non-hydrogen) atoms. The molecule has 2 nitrogen and oxygen atoms in total. The normalized spacial score (nSPS) is 29.9. The predicted molar refractivity (Wildman–Crippen MR) is 58.3 cm³/mol. The van der Waals surface area contributed by atoms with E-state index in [9.17, 15) is 0 Å². The van der Waals surface area contributed by atoms with Crippen molar-refractivity contribution in [3.63, 3.8) is 0 Å². The molecule has 2 unspecified atom stereocenters. The summed E-state index contributed by atoms with van der Waals surface area (Å²) in [7, 11) is 0. The van der Waals surface area contributed by atoms with E-state index in [4.69, 9.17) is 0 Å². The Hall–Kier alpha value is -1.02. The molecule has 2 aliphatic heterocycles. The Balaban J connectivity index is 2.08. The lowest BCUT2D eigenvalue weighted by atomic mass is 10.0. The van der Waals surface area contributed by atoms with Crippen molar-refractivity contribution in [3.05, 3.63) is 29.8 Å². The molecule has 1 saturated heterocycles. The molecule has 2 heteroatoms. The average Bonchev–Trinajstić information content (AvgIpc) is 2.18. The molecule has 2 aliphatic rings. The van der Waals surface area contributed by atoms with Crippen LogP contribution < -0.4 is 4.90 Å². The van der Waals surface area contributed by atoms with Crippen LogP contribution in [-0.2, 0) is 6.54 Å². The van der Waals surface area contributed by atoms with E-state index in [0.29, 0.717) is 6.17 Å². The van der Waals surface area contributed by atoms with Crippen LogP contribution in [0.5, 0.6) is 0 Å². The summed E-state index contributed by atoms with van der Waals surface area (Å²) in [4.78, 5) is 5.09. The SMILES string of the molecule is CC1N2CCCN1c1ccccc1C2. The van der Waals surface area contributed by atoms with Gasteiger partial charge in [-0.1, -0.05) is 18.2 Å². The van der Waals surface area contributed by atoms with Crippen molar-refractivity contribution in [1.29, 1.82) is 0 Å². The van der Waals surface area contributed by atoms with Crippen molar-refractivity contribution in [2.75, 3.05) is 18.0 Å². The highest BCUT2D eigenvalue weighted by Gasteiger charge is 2.31. The van der Waals surface area contributed by atoms with Crippen molar-refractivity contribution in [3.8, 4) is 0 Å². The van der Waals surface area contributed by atoms with Gasteiger partial charge < -0.3 is 4.90 Å². The van der Waals surface area contributed by atoms with Crippen LogP contribution in [0.4, 0.5) is 5.69 Å². The van der Waals surface area contributed by atoms with Gasteiger partial charge in [0.1, 0.15) is 0 Å². The van der Waals surface area contributed by atoms with E-state index >= 15 is 0 Å². The van der Waals surface area contributed by atoms with Gasteiger partial charge in [0.05, 0.1) is 6.17 Å².